The highest BCUT2D eigenvalue weighted by molar-refractivity contribution is 6.31. The van der Waals surface area contributed by atoms with Crippen LogP contribution in [-0.4, -0.2) is 53.1 Å². The van der Waals surface area contributed by atoms with Gasteiger partial charge >= 0.3 is 6.18 Å². The first-order chi connectivity index (χ1) is 23.2. The highest BCUT2D eigenvalue weighted by Crippen LogP contribution is 2.46. The van der Waals surface area contributed by atoms with Crippen LogP contribution in [0.3, 0.4) is 0 Å². The Hall–Kier alpha value is -3.54. The normalized spacial score (nSPS) is 16.8. The third-order valence-corrected chi connectivity index (χ3v) is 9.76. The van der Waals surface area contributed by atoms with E-state index in [0.29, 0.717) is 48.6 Å². The number of hydrogen-bond acceptors (Lipinski definition) is 4. The van der Waals surface area contributed by atoms with Crippen LogP contribution in [0.25, 0.3) is 0 Å². The number of rotatable bonds is 14. The highest BCUT2D eigenvalue weighted by atomic mass is 35.5. The van der Waals surface area contributed by atoms with Crippen LogP contribution in [0, 0.1) is 11.6 Å². The summed E-state index contributed by atoms with van der Waals surface area (Å²) in [7, 11) is 0. The molecule has 2 amide bonds. The van der Waals surface area contributed by atoms with Crippen molar-refractivity contribution in [1.29, 1.82) is 0 Å². The molecule has 0 unspecified atom stereocenters. The summed E-state index contributed by atoms with van der Waals surface area (Å²) in [5.41, 5.74) is 0.0478. The van der Waals surface area contributed by atoms with Crippen LogP contribution in [0.5, 0.6) is 0 Å². The van der Waals surface area contributed by atoms with Gasteiger partial charge in [0.15, 0.2) is 0 Å². The fraction of sp³-hybridized carbons (Fsp3) is 0.459. The van der Waals surface area contributed by atoms with Crippen LogP contribution in [-0.2, 0) is 24.6 Å². The summed E-state index contributed by atoms with van der Waals surface area (Å²) in [6.07, 6.45) is -0.990. The van der Waals surface area contributed by atoms with E-state index in [-0.39, 0.29) is 41.1 Å². The molecule has 5 rings (SSSR count). The van der Waals surface area contributed by atoms with Gasteiger partial charge in [0.2, 0.25) is 0 Å². The number of hydrogen-bond donors (Lipinski definition) is 3. The first-order valence-corrected chi connectivity index (χ1v) is 17.1. The predicted octanol–water partition coefficient (Wildman–Crippen LogP) is 7.59. The summed E-state index contributed by atoms with van der Waals surface area (Å²) in [5, 5.41) is 17.6. The lowest BCUT2D eigenvalue weighted by molar-refractivity contribution is -0.137. The topological polar surface area (TPSA) is 81.7 Å². The fourth-order valence-electron chi connectivity index (χ4n) is 6.90. The number of carbonyl (C=O) groups excluding carboxylic acids is 2. The van der Waals surface area contributed by atoms with Crippen molar-refractivity contribution in [2.24, 2.45) is 0 Å². The Morgan fingerprint density at radius 3 is 2.31 bits per heavy atom. The quantitative estimate of drug-likeness (QED) is 0.151. The zero-order valence-corrected chi connectivity index (χ0v) is 28.2. The number of nitrogens with one attached hydrogen (secondary N) is 2. The van der Waals surface area contributed by atoms with Crippen LogP contribution >= 0.6 is 11.6 Å². The summed E-state index contributed by atoms with van der Waals surface area (Å²) < 4.78 is 68.5. The molecule has 1 heterocycles. The minimum atomic E-state index is -4.52. The Kier molecular flexibility index (Phi) is 11.4. The first-order valence-electron chi connectivity index (χ1n) is 16.7. The van der Waals surface area contributed by atoms with Gasteiger partial charge in [0.05, 0.1) is 17.7 Å². The maximum Gasteiger partial charge on any atom is 0.416 e. The Balaban J connectivity index is 1.39. The third-order valence-electron chi connectivity index (χ3n) is 9.54. The SMILES string of the molecule is CCCC(CCC)N1CCc2c(C(=O)N[C@@H](Cc3cc(F)cc(F)c3)[C@@H](O)CNC3(c4cccc(C(F)(F)F)c4)CC3)cc(Cl)cc2C1=O. The number of aliphatic hydroxyl groups excluding tert-OH is 1. The molecule has 2 aliphatic rings. The number of nitrogens with zero attached hydrogens (tertiary/aromatic N) is 1. The molecule has 3 N–H and O–H groups in total. The number of alkyl halides is 3. The summed E-state index contributed by atoms with van der Waals surface area (Å²) in [4.78, 5) is 29.5. The van der Waals surface area contributed by atoms with Gasteiger partial charge in [-0.1, -0.05) is 50.4 Å². The molecule has 1 aliphatic carbocycles. The minimum Gasteiger partial charge on any atom is -0.390 e. The number of fused-ring (bicyclic) bond motifs is 1. The van der Waals surface area contributed by atoms with E-state index in [2.05, 4.69) is 24.5 Å². The number of amides is 2. The molecule has 3 aromatic carbocycles. The molecule has 264 valence electrons. The lowest BCUT2D eigenvalue weighted by atomic mass is 9.91. The monoisotopic (exact) mass is 705 g/mol. The number of halogens is 6. The maximum absolute atomic E-state index is 14.1. The largest absolute Gasteiger partial charge is 0.416 e. The van der Waals surface area contributed by atoms with Crippen molar-refractivity contribution in [1.82, 2.24) is 15.5 Å². The van der Waals surface area contributed by atoms with E-state index >= 15 is 0 Å². The van der Waals surface area contributed by atoms with Gasteiger partial charge in [-0.05, 0) is 91.6 Å². The summed E-state index contributed by atoms with van der Waals surface area (Å²) in [5.74, 6) is -2.49. The lowest BCUT2D eigenvalue weighted by Gasteiger charge is -2.36. The van der Waals surface area contributed by atoms with Crippen molar-refractivity contribution in [2.75, 3.05) is 13.1 Å². The van der Waals surface area contributed by atoms with Crippen molar-refractivity contribution in [2.45, 2.75) is 95.1 Å². The molecule has 0 radical (unpaired) electrons. The van der Waals surface area contributed by atoms with Gasteiger partial charge in [-0.15, -0.1) is 0 Å². The molecule has 1 fully saturated rings. The number of aliphatic hydroxyl groups is 1. The van der Waals surface area contributed by atoms with E-state index in [4.69, 9.17) is 11.6 Å². The standard InChI is InChI=1S/C37H41ClF5N3O3/c1-3-6-28(7-4-2)46-13-10-29-30(18-25(38)19-31(29)35(46)49)34(48)45-32(16-22-14-26(39)20-27(40)15-22)33(47)21-44-36(11-12-36)23-8-5-9-24(17-23)37(41,42)43/h5,8-9,14-15,17-20,28,32-33,44,47H,3-4,6-7,10-13,16,21H2,1-2H3,(H,45,48)/t32-,33-/m0/s1. The van der Waals surface area contributed by atoms with Gasteiger partial charge in [-0.2, -0.15) is 13.2 Å². The van der Waals surface area contributed by atoms with Gasteiger partial charge in [0.1, 0.15) is 11.6 Å². The Labute approximate surface area is 288 Å². The average molecular weight is 706 g/mol. The molecule has 49 heavy (non-hydrogen) atoms. The van der Waals surface area contributed by atoms with Crippen LogP contribution in [0.15, 0.2) is 54.6 Å². The maximum atomic E-state index is 14.1. The second kappa shape index (κ2) is 15.1. The van der Waals surface area contributed by atoms with Crippen LogP contribution in [0.4, 0.5) is 22.0 Å². The Morgan fingerprint density at radius 1 is 1.02 bits per heavy atom. The number of carbonyl (C=O) groups is 2. The number of benzene rings is 3. The van der Waals surface area contributed by atoms with E-state index in [9.17, 15) is 36.6 Å². The van der Waals surface area contributed by atoms with Gasteiger partial charge in [0.25, 0.3) is 11.8 Å². The second-order valence-corrected chi connectivity index (χ2v) is 13.6. The van der Waals surface area contributed by atoms with Crippen LogP contribution < -0.4 is 10.6 Å². The summed E-state index contributed by atoms with van der Waals surface area (Å²) >= 11 is 6.44. The van der Waals surface area contributed by atoms with E-state index in [0.717, 1.165) is 49.9 Å². The molecule has 1 saturated carbocycles. The molecule has 0 spiro atoms. The van der Waals surface area contributed by atoms with Gasteiger partial charge in [0, 0.05) is 46.9 Å². The van der Waals surface area contributed by atoms with E-state index in [1.807, 2.05) is 4.90 Å². The highest BCUT2D eigenvalue weighted by Gasteiger charge is 2.45. The summed E-state index contributed by atoms with van der Waals surface area (Å²) in [6, 6.07) is 9.93. The molecular formula is C37H41ClF5N3O3. The van der Waals surface area contributed by atoms with Crippen molar-refractivity contribution in [3.8, 4) is 0 Å². The Morgan fingerprint density at radius 2 is 1.69 bits per heavy atom. The molecule has 3 aromatic rings. The minimum absolute atomic E-state index is 0.0660. The third kappa shape index (κ3) is 8.61. The van der Waals surface area contributed by atoms with E-state index in [1.165, 1.54) is 12.1 Å². The second-order valence-electron chi connectivity index (χ2n) is 13.1. The van der Waals surface area contributed by atoms with Crippen molar-refractivity contribution in [3.05, 3.63) is 105 Å². The fourth-order valence-corrected chi connectivity index (χ4v) is 7.12. The van der Waals surface area contributed by atoms with E-state index in [1.54, 1.807) is 12.1 Å². The molecule has 12 heteroatoms. The first kappa shape index (κ1) is 36.7. The van der Waals surface area contributed by atoms with Crippen molar-refractivity contribution >= 4 is 23.4 Å². The summed E-state index contributed by atoms with van der Waals surface area (Å²) in [6.45, 7) is 4.42. The molecule has 0 saturated heterocycles. The lowest BCUT2D eigenvalue weighted by Crippen LogP contribution is -2.50. The van der Waals surface area contributed by atoms with Gasteiger partial charge < -0.3 is 20.6 Å². The Bertz CT molecular complexity index is 1650. The average Bonchev–Trinajstić information content (AvgIpc) is 3.84. The predicted molar refractivity (Wildman–Crippen MR) is 177 cm³/mol. The van der Waals surface area contributed by atoms with Crippen LogP contribution in [0.2, 0.25) is 5.02 Å². The molecule has 6 nitrogen and oxygen atoms in total. The van der Waals surface area contributed by atoms with Crippen LogP contribution in [0.1, 0.15) is 95.3 Å². The molecule has 0 bridgehead atoms. The molecular weight excluding hydrogens is 665 g/mol. The zero-order chi connectivity index (χ0) is 35.5. The zero-order valence-electron chi connectivity index (χ0n) is 27.5. The molecule has 0 aromatic heterocycles. The van der Waals surface area contributed by atoms with Gasteiger partial charge in [-0.3, -0.25) is 9.59 Å². The van der Waals surface area contributed by atoms with Crippen molar-refractivity contribution < 1.29 is 36.6 Å². The smallest absolute Gasteiger partial charge is 0.390 e. The molecule has 1 aliphatic heterocycles. The van der Waals surface area contributed by atoms with E-state index < -0.39 is 47.0 Å². The van der Waals surface area contributed by atoms with Crippen molar-refractivity contribution in [3.63, 3.8) is 0 Å². The molecule has 2 atom stereocenters. The van der Waals surface area contributed by atoms with Gasteiger partial charge in [-0.25, -0.2) is 8.78 Å².